The lowest BCUT2D eigenvalue weighted by Gasteiger charge is -2.15. The summed E-state index contributed by atoms with van der Waals surface area (Å²) in [5.74, 6) is -0.908. The van der Waals surface area contributed by atoms with E-state index < -0.39 is 5.91 Å². The highest BCUT2D eigenvalue weighted by molar-refractivity contribution is 5.95. The van der Waals surface area contributed by atoms with Crippen molar-refractivity contribution < 1.29 is 9.90 Å². The van der Waals surface area contributed by atoms with Gasteiger partial charge < -0.3 is 10.0 Å². The lowest BCUT2D eigenvalue weighted by molar-refractivity contribution is 0.0785. The molecule has 0 aliphatic carbocycles. The molecular weight excluding hydrogens is 208 g/mol. The Balaban J connectivity index is 2.96. The number of amides is 1. The van der Waals surface area contributed by atoms with Gasteiger partial charge in [-0.15, -0.1) is 0 Å². The zero-order valence-electron chi connectivity index (χ0n) is 8.29. The highest BCUT2D eigenvalue weighted by atomic mass is 16.3. The van der Waals surface area contributed by atoms with E-state index in [0.717, 1.165) is 4.90 Å². The largest absolute Gasteiger partial charge is 0.505 e. The first-order valence-corrected chi connectivity index (χ1v) is 4.38. The fraction of sp³-hybridized carbons (Fsp3) is 0.200. The van der Waals surface area contributed by atoms with Gasteiger partial charge in [0, 0.05) is 6.20 Å². The van der Waals surface area contributed by atoms with Crippen LogP contribution in [0.1, 0.15) is 10.5 Å². The van der Waals surface area contributed by atoms with Crippen molar-refractivity contribution in [3.8, 4) is 17.9 Å². The Bertz CT molecular complexity index is 456. The number of nitrogens with zero attached hydrogens (tertiary/aromatic N) is 4. The highest BCUT2D eigenvalue weighted by Gasteiger charge is 2.19. The van der Waals surface area contributed by atoms with Crippen LogP contribution in [-0.4, -0.2) is 34.0 Å². The SMILES string of the molecule is N#CCN(CC#N)C(=O)c1ncccc1O. The van der Waals surface area contributed by atoms with E-state index in [4.69, 9.17) is 10.5 Å². The van der Waals surface area contributed by atoms with Crippen LogP contribution in [0.15, 0.2) is 18.3 Å². The van der Waals surface area contributed by atoms with Gasteiger partial charge in [-0.1, -0.05) is 0 Å². The van der Waals surface area contributed by atoms with E-state index in [0.29, 0.717) is 0 Å². The summed E-state index contributed by atoms with van der Waals surface area (Å²) in [5, 5.41) is 26.4. The number of aromatic hydroxyl groups is 1. The minimum atomic E-state index is -0.638. The van der Waals surface area contributed by atoms with Crippen molar-refractivity contribution in [3.63, 3.8) is 0 Å². The quantitative estimate of drug-likeness (QED) is 0.731. The fourth-order valence-corrected chi connectivity index (χ4v) is 1.08. The van der Waals surface area contributed by atoms with Crippen LogP contribution >= 0.6 is 0 Å². The summed E-state index contributed by atoms with van der Waals surface area (Å²) in [4.78, 5) is 16.5. The maximum Gasteiger partial charge on any atom is 0.278 e. The zero-order chi connectivity index (χ0) is 12.0. The molecule has 6 heteroatoms. The highest BCUT2D eigenvalue weighted by Crippen LogP contribution is 2.14. The molecule has 0 atom stereocenters. The van der Waals surface area contributed by atoms with E-state index in [-0.39, 0.29) is 24.5 Å². The standard InChI is InChI=1S/C10H8N4O2/c11-3-6-14(7-4-12)10(16)9-8(15)2-1-5-13-9/h1-2,5,15H,6-7H2. The third-order valence-corrected chi connectivity index (χ3v) is 1.80. The third kappa shape index (κ3) is 2.46. The van der Waals surface area contributed by atoms with E-state index in [1.54, 1.807) is 12.1 Å². The second-order valence-corrected chi connectivity index (χ2v) is 2.85. The van der Waals surface area contributed by atoms with E-state index in [1.165, 1.54) is 18.3 Å². The van der Waals surface area contributed by atoms with Crippen LogP contribution in [-0.2, 0) is 0 Å². The summed E-state index contributed by atoms with van der Waals surface area (Å²) in [5.41, 5.74) is -0.159. The van der Waals surface area contributed by atoms with Crippen LogP contribution < -0.4 is 0 Å². The molecule has 0 saturated carbocycles. The van der Waals surface area contributed by atoms with Crippen molar-refractivity contribution in [1.29, 1.82) is 10.5 Å². The predicted molar refractivity (Wildman–Crippen MR) is 53.0 cm³/mol. The number of aromatic nitrogens is 1. The number of nitriles is 2. The van der Waals surface area contributed by atoms with Crippen molar-refractivity contribution in [2.24, 2.45) is 0 Å². The molecule has 0 spiro atoms. The Morgan fingerprint density at radius 3 is 2.56 bits per heavy atom. The van der Waals surface area contributed by atoms with Gasteiger partial charge in [-0.05, 0) is 12.1 Å². The molecule has 0 aliphatic heterocycles. The Labute approximate surface area is 92.0 Å². The smallest absolute Gasteiger partial charge is 0.278 e. The molecule has 1 amide bonds. The van der Waals surface area contributed by atoms with Gasteiger partial charge in [-0.25, -0.2) is 4.98 Å². The van der Waals surface area contributed by atoms with Crippen LogP contribution in [0.4, 0.5) is 0 Å². The topological polar surface area (TPSA) is 101 Å². The van der Waals surface area contributed by atoms with Crippen molar-refractivity contribution in [2.75, 3.05) is 13.1 Å². The minimum Gasteiger partial charge on any atom is -0.505 e. The monoisotopic (exact) mass is 216 g/mol. The third-order valence-electron chi connectivity index (χ3n) is 1.80. The summed E-state index contributed by atoms with van der Waals surface area (Å²) in [6, 6.07) is 6.33. The van der Waals surface area contributed by atoms with Crippen molar-refractivity contribution in [3.05, 3.63) is 24.0 Å². The first-order valence-electron chi connectivity index (χ1n) is 4.38. The van der Waals surface area contributed by atoms with Crippen LogP contribution in [0, 0.1) is 22.7 Å². The average Bonchev–Trinajstić information content (AvgIpc) is 2.28. The lowest BCUT2D eigenvalue weighted by Crippen LogP contribution is -2.32. The molecule has 1 aromatic heterocycles. The minimum absolute atomic E-state index is 0.159. The summed E-state index contributed by atoms with van der Waals surface area (Å²) < 4.78 is 0. The number of carbonyl (C=O) groups excluding carboxylic acids is 1. The number of pyridine rings is 1. The summed E-state index contributed by atoms with van der Waals surface area (Å²) in [6.07, 6.45) is 1.35. The summed E-state index contributed by atoms with van der Waals surface area (Å²) in [7, 11) is 0. The molecule has 1 rings (SSSR count). The van der Waals surface area contributed by atoms with Crippen LogP contribution in [0.5, 0.6) is 5.75 Å². The molecule has 16 heavy (non-hydrogen) atoms. The van der Waals surface area contributed by atoms with Gasteiger partial charge in [0.05, 0.1) is 12.1 Å². The van der Waals surface area contributed by atoms with E-state index in [2.05, 4.69) is 4.98 Å². The number of carbonyl (C=O) groups is 1. The molecule has 0 aromatic carbocycles. The molecule has 80 valence electrons. The molecule has 0 fully saturated rings. The average molecular weight is 216 g/mol. The molecule has 6 nitrogen and oxygen atoms in total. The van der Waals surface area contributed by atoms with E-state index >= 15 is 0 Å². The Kier molecular flexibility index (Phi) is 3.82. The van der Waals surface area contributed by atoms with Gasteiger partial charge in [0.1, 0.15) is 18.8 Å². The van der Waals surface area contributed by atoms with Gasteiger partial charge >= 0.3 is 0 Å². The second-order valence-electron chi connectivity index (χ2n) is 2.85. The van der Waals surface area contributed by atoms with Gasteiger partial charge in [-0.3, -0.25) is 4.79 Å². The van der Waals surface area contributed by atoms with Crippen LogP contribution in [0.3, 0.4) is 0 Å². The van der Waals surface area contributed by atoms with Crippen molar-refractivity contribution >= 4 is 5.91 Å². The summed E-state index contributed by atoms with van der Waals surface area (Å²) in [6.45, 7) is -0.440. The number of rotatable bonds is 3. The maximum absolute atomic E-state index is 11.7. The molecular formula is C10H8N4O2. The molecule has 1 N–H and O–H groups in total. The van der Waals surface area contributed by atoms with Crippen molar-refractivity contribution in [2.45, 2.75) is 0 Å². The summed E-state index contributed by atoms with van der Waals surface area (Å²) >= 11 is 0. The van der Waals surface area contributed by atoms with Gasteiger partial charge in [0.15, 0.2) is 5.69 Å². The lowest BCUT2D eigenvalue weighted by atomic mass is 10.3. The normalized spacial score (nSPS) is 8.88. The first kappa shape index (κ1) is 11.5. The van der Waals surface area contributed by atoms with Crippen molar-refractivity contribution in [1.82, 2.24) is 9.88 Å². The Morgan fingerprint density at radius 1 is 1.44 bits per heavy atom. The maximum atomic E-state index is 11.7. The number of hydrogen-bond acceptors (Lipinski definition) is 5. The van der Waals surface area contributed by atoms with Crippen LogP contribution in [0.25, 0.3) is 0 Å². The Hall–Kier alpha value is -2.60. The molecule has 0 unspecified atom stereocenters. The Morgan fingerprint density at radius 2 is 2.06 bits per heavy atom. The molecule has 0 saturated heterocycles. The molecule has 1 heterocycles. The first-order chi connectivity index (χ1) is 7.70. The fourth-order valence-electron chi connectivity index (χ4n) is 1.08. The van der Waals surface area contributed by atoms with Gasteiger partial charge in [0.2, 0.25) is 0 Å². The van der Waals surface area contributed by atoms with Crippen LogP contribution in [0.2, 0.25) is 0 Å². The zero-order valence-corrected chi connectivity index (χ0v) is 8.29. The van der Waals surface area contributed by atoms with E-state index in [9.17, 15) is 9.90 Å². The van der Waals surface area contributed by atoms with Gasteiger partial charge in [0.25, 0.3) is 5.91 Å². The molecule has 0 aliphatic rings. The predicted octanol–water partition coefficient (Wildman–Crippen LogP) is 0.277. The number of hydrogen-bond donors (Lipinski definition) is 1. The van der Waals surface area contributed by atoms with Gasteiger partial charge in [-0.2, -0.15) is 10.5 Å². The molecule has 0 radical (unpaired) electrons. The molecule has 0 bridgehead atoms. The second kappa shape index (κ2) is 5.32. The van der Waals surface area contributed by atoms with E-state index in [1.807, 2.05) is 0 Å². The molecule has 1 aromatic rings.